The normalized spacial score (nSPS) is 10.6. The molecule has 0 aliphatic carbocycles. The van der Waals surface area contributed by atoms with Gasteiger partial charge in [-0.2, -0.15) is 0 Å². The number of unbranched alkanes of at least 4 members (excludes halogenated alkanes) is 4. The van der Waals surface area contributed by atoms with Gasteiger partial charge in [-0.3, -0.25) is 4.79 Å². The van der Waals surface area contributed by atoms with Gasteiger partial charge in [-0.15, -0.1) is 0 Å². The van der Waals surface area contributed by atoms with Gasteiger partial charge in [-0.25, -0.2) is 0 Å². The molecule has 0 fully saturated rings. The van der Waals surface area contributed by atoms with E-state index < -0.39 is 0 Å². The predicted octanol–water partition coefficient (Wildman–Crippen LogP) is 5.70. The van der Waals surface area contributed by atoms with Crippen molar-refractivity contribution in [2.45, 2.75) is 46.0 Å². The molecule has 2 aromatic rings. The molecule has 29 heavy (non-hydrogen) atoms. The third-order valence-corrected chi connectivity index (χ3v) is 4.43. The smallest absolute Gasteiger partial charge is 0.255 e. The number of anilines is 1. The molecular formula is C24H33NO4. The van der Waals surface area contributed by atoms with Gasteiger partial charge in [0.15, 0.2) is 0 Å². The minimum atomic E-state index is -0.164. The van der Waals surface area contributed by atoms with Crippen LogP contribution in [0, 0.1) is 0 Å². The highest BCUT2D eigenvalue weighted by atomic mass is 16.5. The van der Waals surface area contributed by atoms with Crippen LogP contribution in [0.2, 0.25) is 0 Å². The van der Waals surface area contributed by atoms with Gasteiger partial charge in [-0.1, -0.05) is 38.7 Å². The van der Waals surface area contributed by atoms with Gasteiger partial charge in [-0.05, 0) is 49.7 Å². The minimum Gasteiger partial charge on any atom is -0.494 e. The van der Waals surface area contributed by atoms with Crippen molar-refractivity contribution < 1.29 is 19.0 Å². The minimum absolute atomic E-state index is 0.164. The van der Waals surface area contributed by atoms with Crippen molar-refractivity contribution in [3.63, 3.8) is 0 Å². The summed E-state index contributed by atoms with van der Waals surface area (Å²) >= 11 is 0. The Hall–Kier alpha value is -2.53. The lowest BCUT2D eigenvalue weighted by Gasteiger charge is -2.10. The van der Waals surface area contributed by atoms with Gasteiger partial charge in [0.25, 0.3) is 5.91 Å². The Balaban J connectivity index is 1.78. The van der Waals surface area contributed by atoms with Crippen molar-refractivity contribution in [2.75, 3.05) is 31.7 Å². The standard InChI is InChI=1S/C24H33NO4/c1-3-5-6-7-8-16-28-22-14-12-20(13-15-22)24(26)25-21-10-9-11-23(19-21)29-18-17-27-4-2/h9-15,19H,3-8,16-18H2,1-2H3,(H,25,26). The van der Waals surface area contributed by atoms with Gasteiger partial charge >= 0.3 is 0 Å². The lowest BCUT2D eigenvalue weighted by molar-refractivity contribution is 0.102. The molecule has 0 saturated heterocycles. The van der Waals surface area contributed by atoms with Crippen LogP contribution in [0.25, 0.3) is 0 Å². The summed E-state index contributed by atoms with van der Waals surface area (Å²) < 4.78 is 16.6. The second kappa shape index (κ2) is 13.6. The van der Waals surface area contributed by atoms with E-state index >= 15 is 0 Å². The Labute approximate surface area is 174 Å². The first-order valence-electron chi connectivity index (χ1n) is 10.6. The molecule has 0 aliphatic heterocycles. The highest BCUT2D eigenvalue weighted by Gasteiger charge is 2.07. The highest BCUT2D eigenvalue weighted by molar-refractivity contribution is 6.04. The first kappa shape index (κ1) is 22.8. The molecule has 0 heterocycles. The van der Waals surface area contributed by atoms with Crippen LogP contribution in [0.5, 0.6) is 11.5 Å². The van der Waals surface area contributed by atoms with E-state index in [-0.39, 0.29) is 5.91 Å². The Morgan fingerprint density at radius 1 is 0.828 bits per heavy atom. The summed E-state index contributed by atoms with van der Waals surface area (Å²) in [5, 5.41) is 2.90. The van der Waals surface area contributed by atoms with Crippen molar-refractivity contribution >= 4 is 11.6 Å². The number of benzene rings is 2. The molecule has 0 saturated carbocycles. The number of carbonyl (C=O) groups excluding carboxylic acids is 1. The van der Waals surface area contributed by atoms with Crippen LogP contribution < -0.4 is 14.8 Å². The van der Waals surface area contributed by atoms with Crippen molar-refractivity contribution in [1.29, 1.82) is 0 Å². The third kappa shape index (κ3) is 9.01. The van der Waals surface area contributed by atoms with Gasteiger partial charge in [0, 0.05) is 23.9 Å². The second-order valence-corrected chi connectivity index (χ2v) is 6.81. The zero-order valence-corrected chi connectivity index (χ0v) is 17.6. The molecule has 1 N–H and O–H groups in total. The van der Waals surface area contributed by atoms with Crippen LogP contribution >= 0.6 is 0 Å². The molecule has 0 aliphatic rings. The maximum atomic E-state index is 12.5. The zero-order valence-electron chi connectivity index (χ0n) is 17.6. The van der Waals surface area contributed by atoms with Gasteiger partial charge in [0.2, 0.25) is 0 Å². The van der Waals surface area contributed by atoms with Crippen molar-refractivity contribution in [1.82, 2.24) is 0 Å². The molecule has 2 rings (SSSR count). The Morgan fingerprint density at radius 3 is 2.34 bits per heavy atom. The summed E-state index contributed by atoms with van der Waals surface area (Å²) in [7, 11) is 0. The number of nitrogens with one attached hydrogen (secondary N) is 1. The number of rotatable bonds is 14. The van der Waals surface area contributed by atoms with E-state index in [0.29, 0.717) is 43.4 Å². The SMILES string of the molecule is CCCCCCCOc1ccc(C(=O)Nc2cccc(OCCOCC)c2)cc1. The predicted molar refractivity (Wildman–Crippen MR) is 117 cm³/mol. The fraction of sp³-hybridized carbons (Fsp3) is 0.458. The van der Waals surface area contributed by atoms with E-state index in [4.69, 9.17) is 14.2 Å². The Bertz CT molecular complexity index is 715. The largest absolute Gasteiger partial charge is 0.494 e. The third-order valence-electron chi connectivity index (χ3n) is 4.43. The molecule has 0 aromatic heterocycles. The summed E-state index contributed by atoms with van der Waals surface area (Å²) in [4.78, 5) is 12.5. The molecule has 0 spiro atoms. The van der Waals surface area contributed by atoms with Crippen molar-refractivity contribution in [3.8, 4) is 11.5 Å². The highest BCUT2D eigenvalue weighted by Crippen LogP contribution is 2.19. The average molecular weight is 400 g/mol. The second-order valence-electron chi connectivity index (χ2n) is 6.81. The summed E-state index contributed by atoms with van der Waals surface area (Å²) in [6.07, 6.45) is 6.05. The summed E-state index contributed by atoms with van der Waals surface area (Å²) in [5.74, 6) is 1.33. The van der Waals surface area contributed by atoms with E-state index in [2.05, 4.69) is 12.2 Å². The molecule has 0 unspecified atom stereocenters. The maximum Gasteiger partial charge on any atom is 0.255 e. The van der Waals surface area contributed by atoms with Crippen LogP contribution in [0.4, 0.5) is 5.69 Å². The fourth-order valence-corrected chi connectivity index (χ4v) is 2.83. The maximum absolute atomic E-state index is 12.5. The lowest BCUT2D eigenvalue weighted by atomic mass is 10.1. The van der Waals surface area contributed by atoms with Gasteiger partial charge in [0.05, 0.1) is 13.2 Å². The Kier molecular flexibility index (Phi) is 10.7. The number of ether oxygens (including phenoxy) is 3. The molecule has 0 atom stereocenters. The van der Waals surface area contributed by atoms with Gasteiger partial charge < -0.3 is 19.5 Å². The van der Waals surface area contributed by atoms with Crippen LogP contribution in [-0.2, 0) is 4.74 Å². The molecule has 5 heteroatoms. The van der Waals surface area contributed by atoms with Crippen molar-refractivity contribution in [2.24, 2.45) is 0 Å². The fourth-order valence-electron chi connectivity index (χ4n) is 2.83. The monoisotopic (exact) mass is 399 g/mol. The molecular weight excluding hydrogens is 366 g/mol. The first-order valence-corrected chi connectivity index (χ1v) is 10.6. The number of amides is 1. The van der Waals surface area contributed by atoms with Crippen LogP contribution in [-0.4, -0.2) is 32.3 Å². The Morgan fingerprint density at radius 2 is 1.59 bits per heavy atom. The number of hydrogen-bond acceptors (Lipinski definition) is 4. The number of hydrogen-bond donors (Lipinski definition) is 1. The molecule has 158 valence electrons. The molecule has 5 nitrogen and oxygen atoms in total. The van der Waals surface area contributed by atoms with Crippen LogP contribution in [0.1, 0.15) is 56.3 Å². The molecule has 0 bridgehead atoms. The van der Waals surface area contributed by atoms with E-state index in [9.17, 15) is 4.79 Å². The van der Waals surface area contributed by atoms with Crippen LogP contribution in [0.3, 0.4) is 0 Å². The van der Waals surface area contributed by atoms with E-state index in [1.54, 1.807) is 18.2 Å². The summed E-state index contributed by atoms with van der Waals surface area (Å²) in [6.45, 7) is 6.56. The first-order chi connectivity index (χ1) is 14.2. The van der Waals surface area contributed by atoms with Gasteiger partial charge in [0.1, 0.15) is 18.1 Å². The molecule has 1 amide bonds. The topological polar surface area (TPSA) is 56.8 Å². The van der Waals surface area contributed by atoms with E-state index in [1.165, 1.54) is 25.7 Å². The summed E-state index contributed by atoms with van der Waals surface area (Å²) in [5.41, 5.74) is 1.28. The van der Waals surface area contributed by atoms with E-state index in [1.807, 2.05) is 37.3 Å². The quantitative estimate of drug-likeness (QED) is 0.414. The molecule has 2 aromatic carbocycles. The van der Waals surface area contributed by atoms with Crippen molar-refractivity contribution in [3.05, 3.63) is 54.1 Å². The lowest BCUT2D eigenvalue weighted by Crippen LogP contribution is -2.12. The van der Waals surface area contributed by atoms with E-state index in [0.717, 1.165) is 12.2 Å². The number of carbonyl (C=O) groups is 1. The average Bonchev–Trinajstić information content (AvgIpc) is 2.74. The summed E-state index contributed by atoms with van der Waals surface area (Å²) in [6, 6.07) is 14.6. The van der Waals surface area contributed by atoms with Crippen LogP contribution in [0.15, 0.2) is 48.5 Å². The zero-order chi connectivity index (χ0) is 20.7. The molecule has 0 radical (unpaired) electrons.